The van der Waals surface area contributed by atoms with E-state index in [9.17, 15) is 24.8 Å². The van der Waals surface area contributed by atoms with Gasteiger partial charge in [0, 0.05) is 56.1 Å². The Hall–Kier alpha value is -2.80. The van der Waals surface area contributed by atoms with Crippen LogP contribution in [0.3, 0.4) is 0 Å². The standard InChI is InChI=1S/C34H52N6O7/c1-19(41)35-28-17-30(39-37-27-13-14-31(42)25-6-4-3-5-24(25)27)33(46-2)18-29(28)38-36-22-10-7-21-15-26(34(43)47-32(21)16-22)20-8-11-23(12-9-20)40(44)45/h15,20-25,27-33,42H,3-14,16-18H2,1-2H3,(H,35,41). The summed E-state index contributed by atoms with van der Waals surface area (Å²) in [5.41, 5.74) is 0.699. The van der Waals surface area contributed by atoms with E-state index in [0.717, 1.165) is 38.5 Å². The van der Waals surface area contributed by atoms with Crippen molar-refractivity contribution in [1.29, 1.82) is 0 Å². The minimum Gasteiger partial charge on any atom is -0.458 e. The number of hydrogen-bond acceptors (Lipinski definition) is 11. The molecule has 2 N–H and O–H groups in total. The summed E-state index contributed by atoms with van der Waals surface area (Å²) < 4.78 is 11.8. The summed E-state index contributed by atoms with van der Waals surface area (Å²) in [6, 6.07) is -1.19. The van der Waals surface area contributed by atoms with E-state index in [4.69, 9.17) is 29.9 Å². The van der Waals surface area contributed by atoms with E-state index in [1.54, 1.807) is 7.11 Å². The summed E-state index contributed by atoms with van der Waals surface area (Å²) in [6.07, 6.45) is 13.2. The van der Waals surface area contributed by atoms with E-state index < -0.39 is 6.04 Å². The molecule has 0 aromatic heterocycles. The molecular formula is C34H52N6O7. The van der Waals surface area contributed by atoms with E-state index in [1.165, 1.54) is 19.8 Å². The number of aliphatic hydroxyl groups is 1. The maximum Gasteiger partial charge on any atom is 0.334 e. The molecule has 6 aliphatic rings. The van der Waals surface area contributed by atoms with Crippen LogP contribution in [0.15, 0.2) is 32.1 Å². The predicted molar refractivity (Wildman–Crippen MR) is 171 cm³/mol. The second kappa shape index (κ2) is 15.2. The Morgan fingerprint density at radius 2 is 1.64 bits per heavy atom. The normalized spacial score (nSPS) is 42.7. The van der Waals surface area contributed by atoms with Crippen LogP contribution in [0.5, 0.6) is 0 Å². The van der Waals surface area contributed by atoms with Crippen molar-refractivity contribution < 1.29 is 29.1 Å². The van der Waals surface area contributed by atoms with Gasteiger partial charge < -0.3 is 19.9 Å². The fraction of sp³-hybridized carbons (Fsp3) is 0.882. The molecule has 1 heterocycles. The monoisotopic (exact) mass is 656 g/mol. The van der Waals surface area contributed by atoms with Crippen molar-refractivity contribution in [3.63, 3.8) is 0 Å². The van der Waals surface area contributed by atoms with E-state index in [1.807, 2.05) is 0 Å². The zero-order valence-corrected chi connectivity index (χ0v) is 27.8. The summed E-state index contributed by atoms with van der Waals surface area (Å²) in [5.74, 6) is 0.436. The number of carbonyl (C=O) groups excluding carboxylic acids is 2. The average Bonchev–Trinajstić information content (AvgIpc) is 3.07. The molecule has 0 aromatic carbocycles. The quantitative estimate of drug-likeness (QED) is 0.157. The van der Waals surface area contributed by atoms with Crippen LogP contribution in [0, 0.1) is 33.8 Å². The van der Waals surface area contributed by atoms with Crippen molar-refractivity contribution >= 4 is 11.9 Å². The molecule has 6 rings (SSSR count). The van der Waals surface area contributed by atoms with Gasteiger partial charge in [-0.2, -0.15) is 20.5 Å². The third-order valence-corrected chi connectivity index (χ3v) is 12.1. The molecule has 13 nitrogen and oxygen atoms in total. The van der Waals surface area contributed by atoms with E-state index in [0.29, 0.717) is 62.4 Å². The number of ether oxygens (including phenoxy) is 2. The maximum atomic E-state index is 13.0. The molecule has 11 unspecified atom stereocenters. The van der Waals surface area contributed by atoms with Gasteiger partial charge in [0.15, 0.2) is 0 Å². The molecule has 0 bridgehead atoms. The highest BCUT2D eigenvalue weighted by Gasteiger charge is 2.43. The molecule has 0 radical (unpaired) electrons. The largest absolute Gasteiger partial charge is 0.458 e. The number of carbonyl (C=O) groups is 2. The Morgan fingerprint density at radius 3 is 2.36 bits per heavy atom. The lowest BCUT2D eigenvalue weighted by atomic mass is 9.67. The SMILES string of the molecule is COC1CC(N=NC2CCC3C=C(C4CCC([N+](=O)[O-])CC4)C(=O)OC3C2)C(NC(C)=O)CC1N=NC1CCC(O)C2CCCCC12. The van der Waals surface area contributed by atoms with Crippen LogP contribution in [-0.4, -0.2) is 83.6 Å². The van der Waals surface area contributed by atoms with Crippen LogP contribution in [0.4, 0.5) is 0 Å². The van der Waals surface area contributed by atoms with Crippen molar-refractivity contribution in [3.8, 4) is 0 Å². The maximum absolute atomic E-state index is 13.0. The molecule has 0 spiro atoms. The number of nitro groups is 1. The topological polar surface area (TPSA) is 177 Å². The van der Waals surface area contributed by atoms with Crippen LogP contribution < -0.4 is 5.32 Å². The van der Waals surface area contributed by atoms with E-state index in [2.05, 4.69) is 11.4 Å². The second-order valence-corrected chi connectivity index (χ2v) is 15.0. The number of fused-ring (bicyclic) bond motifs is 2. The molecule has 5 fully saturated rings. The van der Waals surface area contributed by atoms with Crippen LogP contribution in [0.1, 0.15) is 103 Å². The Bertz CT molecular complexity index is 1240. The molecule has 0 saturated heterocycles. The van der Waals surface area contributed by atoms with Crippen LogP contribution >= 0.6 is 0 Å². The molecule has 1 aliphatic heterocycles. The molecule has 11 atom stereocenters. The number of hydrogen-bond donors (Lipinski definition) is 2. The minimum absolute atomic E-state index is 0.0332. The second-order valence-electron chi connectivity index (χ2n) is 15.0. The number of nitrogens with one attached hydrogen (secondary N) is 1. The van der Waals surface area contributed by atoms with Crippen LogP contribution in [0.25, 0.3) is 0 Å². The molecule has 1 amide bonds. The Kier molecular flexibility index (Phi) is 11.0. The Labute approximate surface area is 276 Å². The Morgan fingerprint density at radius 1 is 0.915 bits per heavy atom. The lowest BCUT2D eigenvalue weighted by Gasteiger charge is -2.42. The van der Waals surface area contributed by atoms with Gasteiger partial charge >= 0.3 is 5.97 Å². The minimum atomic E-state index is -0.509. The first-order chi connectivity index (χ1) is 22.7. The number of nitrogens with zero attached hydrogens (tertiary/aromatic N) is 5. The van der Waals surface area contributed by atoms with Crippen molar-refractivity contribution in [2.45, 2.75) is 158 Å². The van der Waals surface area contributed by atoms with Gasteiger partial charge in [-0.25, -0.2) is 4.79 Å². The summed E-state index contributed by atoms with van der Waals surface area (Å²) in [5, 5.41) is 44.0. The molecule has 260 valence electrons. The number of azo groups is 2. The van der Waals surface area contributed by atoms with Crippen molar-refractivity contribution in [2.75, 3.05) is 7.11 Å². The molecule has 47 heavy (non-hydrogen) atoms. The number of methoxy groups -OCH3 is 1. The Balaban J connectivity index is 1.07. The van der Waals surface area contributed by atoms with Gasteiger partial charge in [-0.3, -0.25) is 14.9 Å². The number of rotatable bonds is 8. The summed E-state index contributed by atoms with van der Waals surface area (Å²) in [7, 11) is 1.68. The van der Waals surface area contributed by atoms with E-state index >= 15 is 0 Å². The summed E-state index contributed by atoms with van der Waals surface area (Å²) >= 11 is 0. The van der Waals surface area contributed by atoms with E-state index in [-0.39, 0.29) is 77.2 Å². The average molecular weight is 657 g/mol. The number of esters is 1. The lowest BCUT2D eigenvalue weighted by Crippen LogP contribution is -2.52. The van der Waals surface area contributed by atoms with Gasteiger partial charge in [0.25, 0.3) is 0 Å². The van der Waals surface area contributed by atoms with Gasteiger partial charge in [0.2, 0.25) is 11.9 Å². The number of aliphatic hydroxyl groups excluding tert-OH is 1. The fourth-order valence-corrected chi connectivity index (χ4v) is 9.42. The van der Waals surface area contributed by atoms with Crippen molar-refractivity contribution in [2.24, 2.45) is 44.1 Å². The molecular weight excluding hydrogens is 604 g/mol. The first-order valence-corrected chi connectivity index (χ1v) is 18.0. The first kappa shape index (κ1) is 34.1. The first-order valence-electron chi connectivity index (χ1n) is 18.0. The van der Waals surface area contributed by atoms with Crippen LogP contribution in [0.2, 0.25) is 0 Å². The molecule has 0 aromatic rings. The highest BCUT2D eigenvalue weighted by molar-refractivity contribution is 5.90. The lowest BCUT2D eigenvalue weighted by molar-refractivity contribution is -0.526. The molecule has 5 aliphatic carbocycles. The van der Waals surface area contributed by atoms with Crippen LogP contribution in [-0.2, 0) is 19.1 Å². The van der Waals surface area contributed by atoms with Gasteiger partial charge in [-0.05, 0) is 75.5 Å². The third kappa shape index (κ3) is 7.92. The van der Waals surface area contributed by atoms with Gasteiger partial charge in [-0.15, -0.1) is 0 Å². The zero-order valence-electron chi connectivity index (χ0n) is 27.8. The zero-order chi connectivity index (χ0) is 33.1. The van der Waals surface area contributed by atoms with Gasteiger partial charge in [0.1, 0.15) is 6.10 Å². The van der Waals surface area contributed by atoms with Gasteiger partial charge in [0.05, 0.1) is 42.4 Å². The van der Waals surface area contributed by atoms with Gasteiger partial charge in [-0.1, -0.05) is 18.9 Å². The molecule has 5 saturated carbocycles. The third-order valence-electron chi connectivity index (χ3n) is 12.1. The molecule has 13 heteroatoms. The number of amides is 1. The van der Waals surface area contributed by atoms with Crippen molar-refractivity contribution in [3.05, 3.63) is 21.8 Å². The van der Waals surface area contributed by atoms with Crippen molar-refractivity contribution in [1.82, 2.24) is 5.32 Å². The predicted octanol–water partition coefficient (Wildman–Crippen LogP) is 5.13. The highest BCUT2D eigenvalue weighted by atomic mass is 16.6. The fourth-order valence-electron chi connectivity index (χ4n) is 9.42. The smallest absolute Gasteiger partial charge is 0.334 e. The highest BCUT2D eigenvalue weighted by Crippen LogP contribution is 2.43. The summed E-state index contributed by atoms with van der Waals surface area (Å²) in [4.78, 5) is 36.2. The summed E-state index contributed by atoms with van der Waals surface area (Å²) in [6.45, 7) is 1.51.